The van der Waals surface area contributed by atoms with Crippen molar-refractivity contribution in [2.24, 2.45) is 7.05 Å². The molecule has 2 N–H and O–H groups in total. The van der Waals surface area contributed by atoms with Crippen LogP contribution < -0.4 is 15.4 Å². The fourth-order valence-electron chi connectivity index (χ4n) is 4.06. The minimum Gasteiger partial charge on any atom is -0.457 e. The molecular formula is C25H23BrFN5O2. The molecule has 2 aromatic carbocycles. The summed E-state index contributed by atoms with van der Waals surface area (Å²) in [6, 6.07) is 14.2. The first kappa shape index (κ1) is 22.5. The Morgan fingerprint density at radius 1 is 1.24 bits per heavy atom. The van der Waals surface area contributed by atoms with Crippen LogP contribution in [-0.2, 0) is 13.5 Å². The standard InChI is InChI=1S/C25H23BrFN5O2/c1-32-23-5-3-17(12-21(23)31-24(32)11-15-2-4-19(26)20(27)10-15)34-18-7-9-29-22(13-18)25(33)30-16-6-8-28-14-16/h2-5,7,9-10,12-13,16,28H,6,8,11,14H2,1H3,(H,30,33)/t16-/m1/s1. The number of amides is 1. The highest BCUT2D eigenvalue weighted by molar-refractivity contribution is 9.10. The van der Waals surface area contributed by atoms with E-state index in [1.165, 1.54) is 6.07 Å². The molecule has 0 aliphatic carbocycles. The number of hydrogen-bond donors (Lipinski definition) is 2. The molecule has 0 spiro atoms. The van der Waals surface area contributed by atoms with E-state index in [1.54, 1.807) is 24.4 Å². The molecule has 1 saturated heterocycles. The smallest absolute Gasteiger partial charge is 0.270 e. The lowest BCUT2D eigenvalue weighted by Crippen LogP contribution is -2.36. The lowest BCUT2D eigenvalue weighted by Gasteiger charge is -2.11. The molecule has 0 radical (unpaired) electrons. The van der Waals surface area contributed by atoms with Gasteiger partial charge in [0.15, 0.2) is 0 Å². The lowest BCUT2D eigenvalue weighted by molar-refractivity contribution is 0.0934. The van der Waals surface area contributed by atoms with Gasteiger partial charge in [0, 0.05) is 44.4 Å². The zero-order valence-electron chi connectivity index (χ0n) is 18.5. The summed E-state index contributed by atoms with van der Waals surface area (Å²) in [6.45, 7) is 1.67. The first-order valence-corrected chi connectivity index (χ1v) is 11.8. The Balaban J connectivity index is 1.33. The first-order chi connectivity index (χ1) is 16.5. The number of halogens is 2. The van der Waals surface area contributed by atoms with E-state index in [0.29, 0.717) is 28.1 Å². The number of imidazole rings is 1. The maximum atomic E-state index is 13.9. The number of hydrogen-bond acceptors (Lipinski definition) is 5. The first-order valence-electron chi connectivity index (χ1n) is 11.0. The highest BCUT2D eigenvalue weighted by atomic mass is 79.9. The van der Waals surface area contributed by atoms with Gasteiger partial charge in [0.05, 0.1) is 15.5 Å². The predicted molar refractivity (Wildman–Crippen MR) is 131 cm³/mol. The molecule has 1 amide bonds. The summed E-state index contributed by atoms with van der Waals surface area (Å²) in [5.74, 6) is 1.43. The third kappa shape index (κ3) is 4.80. The van der Waals surface area contributed by atoms with Crippen molar-refractivity contribution in [3.05, 3.63) is 82.1 Å². The van der Waals surface area contributed by atoms with Crippen molar-refractivity contribution in [2.75, 3.05) is 13.1 Å². The van der Waals surface area contributed by atoms with Gasteiger partial charge in [-0.1, -0.05) is 6.07 Å². The third-order valence-electron chi connectivity index (χ3n) is 5.89. The molecule has 0 saturated carbocycles. The second-order valence-electron chi connectivity index (χ2n) is 8.30. The maximum Gasteiger partial charge on any atom is 0.270 e. The molecule has 5 rings (SSSR count). The van der Waals surface area contributed by atoms with Gasteiger partial charge >= 0.3 is 0 Å². The highest BCUT2D eigenvalue weighted by Gasteiger charge is 2.19. The van der Waals surface area contributed by atoms with E-state index in [1.807, 2.05) is 35.9 Å². The van der Waals surface area contributed by atoms with Crippen LogP contribution in [0.25, 0.3) is 11.0 Å². The summed E-state index contributed by atoms with van der Waals surface area (Å²) < 4.78 is 22.3. The number of fused-ring (bicyclic) bond motifs is 1. The lowest BCUT2D eigenvalue weighted by atomic mass is 10.1. The van der Waals surface area contributed by atoms with Gasteiger partial charge in [-0.15, -0.1) is 0 Å². The van der Waals surface area contributed by atoms with Gasteiger partial charge in [-0.05, 0) is 64.8 Å². The van der Waals surface area contributed by atoms with Crippen molar-refractivity contribution in [2.45, 2.75) is 18.9 Å². The molecule has 9 heteroatoms. The van der Waals surface area contributed by atoms with E-state index in [-0.39, 0.29) is 17.8 Å². The van der Waals surface area contributed by atoms with Crippen molar-refractivity contribution >= 4 is 32.9 Å². The number of rotatable bonds is 6. The number of ether oxygens (including phenoxy) is 1. The number of nitrogens with one attached hydrogen (secondary N) is 2. The van der Waals surface area contributed by atoms with Crippen LogP contribution >= 0.6 is 15.9 Å². The summed E-state index contributed by atoms with van der Waals surface area (Å²) in [7, 11) is 1.94. The number of benzene rings is 2. The molecule has 1 aliphatic rings. The van der Waals surface area contributed by atoms with Crippen LogP contribution in [0.1, 0.15) is 28.3 Å². The summed E-state index contributed by atoms with van der Waals surface area (Å²) in [6.07, 6.45) is 2.97. The normalized spacial score (nSPS) is 15.6. The minimum absolute atomic E-state index is 0.119. The predicted octanol–water partition coefficient (Wildman–Crippen LogP) is 4.34. The molecule has 7 nitrogen and oxygen atoms in total. The van der Waals surface area contributed by atoms with E-state index in [0.717, 1.165) is 41.9 Å². The molecule has 0 bridgehead atoms. The van der Waals surface area contributed by atoms with E-state index in [2.05, 4.69) is 31.5 Å². The van der Waals surface area contributed by atoms with Crippen molar-refractivity contribution < 1.29 is 13.9 Å². The topological polar surface area (TPSA) is 81.1 Å². The van der Waals surface area contributed by atoms with E-state index in [4.69, 9.17) is 9.72 Å². The van der Waals surface area contributed by atoms with E-state index < -0.39 is 0 Å². The van der Waals surface area contributed by atoms with Gasteiger partial charge in [0.1, 0.15) is 28.8 Å². The molecule has 2 aromatic heterocycles. The third-order valence-corrected chi connectivity index (χ3v) is 6.53. The number of aromatic nitrogens is 3. The van der Waals surface area contributed by atoms with E-state index in [9.17, 15) is 9.18 Å². The monoisotopic (exact) mass is 523 g/mol. The molecule has 4 aromatic rings. The summed E-state index contributed by atoms with van der Waals surface area (Å²) in [5.41, 5.74) is 2.87. The minimum atomic E-state index is -0.294. The average molecular weight is 524 g/mol. The van der Waals surface area contributed by atoms with Crippen LogP contribution in [0.3, 0.4) is 0 Å². The molecule has 1 fully saturated rings. The number of aryl methyl sites for hydroxylation is 1. The molecule has 1 atom stereocenters. The van der Waals surface area contributed by atoms with Crippen LogP contribution in [0.5, 0.6) is 11.5 Å². The summed E-state index contributed by atoms with van der Waals surface area (Å²) >= 11 is 3.19. The number of nitrogens with zero attached hydrogens (tertiary/aromatic N) is 3. The fraction of sp³-hybridized carbons (Fsp3) is 0.240. The van der Waals surface area contributed by atoms with Gasteiger partial charge in [0.2, 0.25) is 0 Å². The molecule has 34 heavy (non-hydrogen) atoms. The largest absolute Gasteiger partial charge is 0.457 e. The number of pyridine rings is 1. The fourth-order valence-corrected chi connectivity index (χ4v) is 4.30. The second kappa shape index (κ2) is 9.52. The summed E-state index contributed by atoms with van der Waals surface area (Å²) in [4.78, 5) is 21.4. The number of carbonyl (C=O) groups excluding carboxylic acids is 1. The highest BCUT2D eigenvalue weighted by Crippen LogP contribution is 2.27. The molecule has 1 aliphatic heterocycles. The molecular weight excluding hydrogens is 501 g/mol. The van der Waals surface area contributed by atoms with Gasteiger partial charge < -0.3 is 19.9 Å². The van der Waals surface area contributed by atoms with Crippen LogP contribution in [0.4, 0.5) is 4.39 Å². The molecule has 3 heterocycles. The second-order valence-corrected chi connectivity index (χ2v) is 9.16. The Morgan fingerprint density at radius 2 is 2.09 bits per heavy atom. The van der Waals surface area contributed by atoms with Gasteiger partial charge in [-0.3, -0.25) is 9.78 Å². The van der Waals surface area contributed by atoms with E-state index >= 15 is 0 Å². The van der Waals surface area contributed by atoms with Gasteiger partial charge in [-0.2, -0.15) is 0 Å². The Hall–Kier alpha value is -3.30. The van der Waals surface area contributed by atoms with Crippen LogP contribution in [0.2, 0.25) is 0 Å². The van der Waals surface area contributed by atoms with Crippen molar-refractivity contribution in [3.8, 4) is 11.5 Å². The van der Waals surface area contributed by atoms with Crippen LogP contribution in [0, 0.1) is 5.82 Å². The summed E-state index contributed by atoms with van der Waals surface area (Å²) in [5, 5.41) is 6.21. The van der Waals surface area contributed by atoms with Crippen LogP contribution in [-0.4, -0.2) is 39.6 Å². The van der Waals surface area contributed by atoms with Crippen molar-refractivity contribution in [1.29, 1.82) is 0 Å². The van der Waals surface area contributed by atoms with Crippen molar-refractivity contribution in [3.63, 3.8) is 0 Å². The van der Waals surface area contributed by atoms with Crippen LogP contribution in [0.15, 0.2) is 59.2 Å². The average Bonchev–Trinajstić information content (AvgIpc) is 3.44. The molecule has 0 unspecified atom stereocenters. The maximum absolute atomic E-state index is 13.9. The zero-order chi connectivity index (χ0) is 23.7. The van der Waals surface area contributed by atoms with Gasteiger partial charge in [-0.25, -0.2) is 9.37 Å². The SMILES string of the molecule is Cn1c(Cc2ccc(Br)c(F)c2)nc2cc(Oc3ccnc(C(=O)N[C@@H]4CCNC4)c3)ccc21. The number of carbonyl (C=O) groups is 1. The van der Waals surface area contributed by atoms with Gasteiger partial charge in [0.25, 0.3) is 5.91 Å². The van der Waals surface area contributed by atoms with Crippen molar-refractivity contribution in [1.82, 2.24) is 25.2 Å². The Labute approximate surface area is 204 Å². The quantitative estimate of drug-likeness (QED) is 0.392. The Kier molecular flexibility index (Phi) is 6.30. The Morgan fingerprint density at radius 3 is 2.88 bits per heavy atom. The Bertz CT molecular complexity index is 1370. The molecule has 174 valence electrons. The zero-order valence-corrected chi connectivity index (χ0v) is 20.1.